The minimum absolute atomic E-state index is 0.103. The fourth-order valence-corrected chi connectivity index (χ4v) is 4.30. The smallest absolute Gasteiger partial charge is 0.224 e. The van der Waals surface area contributed by atoms with Crippen LogP contribution in [0.1, 0.15) is 68.7 Å². The van der Waals surface area contributed by atoms with Crippen LogP contribution in [-0.2, 0) is 24.2 Å². The van der Waals surface area contributed by atoms with Gasteiger partial charge in [-0.05, 0) is 87.0 Å². The summed E-state index contributed by atoms with van der Waals surface area (Å²) in [4.78, 5) is 19.1. The van der Waals surface area contributed by atoms with E-state index >= 15 is 0 Å². The molecule has 2 aromatic carbocycles. The second-order valence-corrected chi connectivity index (χ2v) is 9.35. The average molecular weight is 472 g/mol. The van der Waals surface area contributed by atoms with Crippen molar-refractivity contribution in [2.75, 3.05) is 18.4 Å². The molecule has 4 nitrogen and oxygen atoms in total. The summed E-state index contributed by atoms with van der Waals surface area (Å²) in [5.74, 6) is 0.103. The van der Waals surface area contributed by atoms with Gasteiger partial charge in [0.2, 0.25) is 5.91 Å². The van der Waals surface area contributed by atoms with Crippen LogP contribution in [0.15, 0.2) is 79.0 Å². The fourth-order valence-electron chi connectivity index (χ4n) is 4.30. The SMILES string of the molecule is CCCCC(=O)Nc1ccc(CN(CCCCCc2ccccc2)CCCc2ccccn2)cc1. The monoisotopic (exact) mass is 471 g/mol. The van der Waals surface area contributed by atoms with Crippen molar-refractivity contribution in [2.24, 2.45) is 0 Å². The van der Waals surface area contributed by atoms with E-state index < -0.39 is 0 Å². The van der Waals surface area contributed by atoms with Gasteiger partial charge in [0.05, 0.1) is 0 Å². The van der Waals surface area contributed by atoms with Gasteiger partial charge in [-0.3, -0.25) is 14.7 Å². The van der Waals surface area contributed by atoms with Crippen molar-refractivity contribution < 1.29 is 4.79 Å². The molecule has 0 fully saturated rings. The third kappa shape index (κ3) is 10.9. The van der Waals surface area contributed by atoms with Gasteiger partial charge in [-0.2, -0.15) is 0 Å². The highest BCUT2D eigenvalue weighted by molar-refractivity contribution is 5.90. The van der Waals surface area contributed by atoms with Gasteiger partial charge in [0.15, 0.2) is 0 Å². The second kappa shape index (κ2) is 15.8. The molecule has 0 aliphatic carbocycles. The standard InChI is InChI=1S/C31H41N3O/c1-2-3-18-31(35)33-30-21-19-28(20-22-30)26-34(25-12-17-29-16-9-10-23-32-29)24-11-5-8-15-27-13-6-4-7-14-27/h4,6-7,9-10,13-14,16,19-23H,2-3,5,8,11-12,15,17-18,24-26H2,1H3,(H,33,35). The van der Waals surface area contributed by atoms with E-state index in [-0.39, 0.29) is 5.91 Å². The van der Waals surface area contributed by atoms with E-state index in [0.29, 0.717) is 6.42 Å². The Balaban J connectivity index is 1.47. The minimum atomic E-state index is 0.103. The van der Waals surface area contributed by atoms with Crippen molar-refractivity contribution in [1.29, 1.82) is 0 Å². The molecule has 0 spiro atoms. The minimum Gasteiger partial charge on any atom is -0.326 e. The summed E-state index contributed by atoms with van der Waals surface area (Å²) < 4.78 is 0. The third-order valence-corrected chi connectivity index (χ3v) is 6.32. The zero-order valence-electron chi connectivity index (χ0n) is 21.3. The Morgan fingerprint density at radius 3 is 2.29 bits per heavy atom. The number of amides is 1. The van der Waals surface area contributed by atoms with E-state index in [2.05, 4.69) is 76.7 Å². The predicted octanol–water partition coefficient (Wildman–Crippen LogP) is 7.06. The molecule has 1 aromatic heterocycles. The first kappa shape index (κ1) is 26.6. The van der Waals surface area contributed by atoms with Crippen molar-refractivity contribution in [2.45, 2.75) is 71.3 Å². The van der Waals surface area contributed by atoms with Gasteiger partial charge in [0.25, 0.3) is 0 Å². The van der Waals surface area contributed by atoms with Crippen molar-refractivity contribution in [3.8, 4) is 0 Å². The molecule has 1 amide bonds. The molecule has 0 bridgehead atoms. The van der Waals surface area contributed by atoms with E-state index in [4.69, 9.17) is 0 Å². The number of aromatic nitrogens is 1. The van der Waals surface area contributed by atoms with Crippen molar-refractivity contribution in [1.82, 2.24) is 9.88 Å². The summed E-state index contributed by atoms with van der Waals surface area (Å²) in [6, 6.07) is 25.3. The molecule has 1 N–H and O–H groups in total. The highest BCUT2D eigenvalue weighted by atomic mass is 16.1. The van der Waals surface area contributed by atoms with E-state index in [0.717, 1.165) is 57.4 Å². The summed E-state index contributed by atoms with van der Waals surface area (Å²) >= 11 is 0. The molecule has 1 heterocycles. The van der Waals surface area contributed by atoms with Crippen LogP contribution in [0.5, 0.6) is 0 Å². The number of aryl methyl sites for hydroxylation is 2. The molecule has 35 heavy (non-hydrogen) atoms. The van der Waals surface area contributed by atoms with Crippen molar-refractivity contribution in [3.63, 3.8) is 0 Å². The summed E-state index contributed by atoms with van der Waals surface area (Å²) in [6.45, 7) is 5.20. The van der Waals surface area contributed by atoms with Crippen LogP contribution >= 0.6 is 0 Å². The molecule has 0 aliphatic heterocycles. The predicted molar refractivity (Wildman–Crippen MR) is 146 cm³/mol. The number of rotatable bonds is 16. The van der Waals surface area contributed by atoms with Gasteiger partial charge >= 0.3 is 0 Å². The summed E-state index contributed by atoms with van der Waals surface area (Å²) in [6.07, 6.45) is 11.4. The number of hydrogen-bond acceptors (Lipinski definition) is 3. The first-order chi connectivity index (χ1) is 17.2. The topological polar surface area (TPSA) is 45.2 Å². The number of nitrogens with one attached hydrogen (secondary N) is 1. The maximum absolute atomic E-state index is 12.0. The Bertz CT molecular complexity index is 958. The molecule has 3 aromatic rings. The summed E-state index contributed by atoms with van der Waals surface area (Å²) in [5.41, 5.74) is 4.77. The molecule has 0 unspecified atom stereocenters. The largest absolute Gasteiger partial charge is 0.326 e. The van der Waals surface area contributed by atoms with E-state index in [9.17, 15) is 4.79 Å². The van der Waals surface area contributed by atoms with Crippen molar-refractivity contribution in [3.05, 3.63) is 95.8 Å². The highest BCUT2D eigenvalue weighted by Gasteiger charge is 2.08. The lowest BCUT2D eigenvalue weighted by molar-refractivity contribution is -0.116. The first-order valence-corrected chi connectivity index (χ1v) is 13.3. The molecule has 0 saturated heterocycles. The number of anilines is 1. The molecule has 4 heteroatoms. The van der Waals surface area contributed by atoms with Crippen molar-refractivity contribution >= 4 is 11.6 Å². The number of hydrogen-bond donors (Lipinski definition) is 1. The molecule has 0 atom stereocenters. The molecular weight excluding hydrogens is 430 g/mol. The summed E-state index contributed by atoms with van der Waals surface area (Å²) in [5, 5.41) is 3.01. The van der Waals surface area contributed by atoms with Gasteiger partial charge in [0, 0.05) is 30.5 Å². The Morgan fingerprint density at radius 1 is 0.771 bits per heavy atom. The van der Waals surface area contributed by atoms with Crippen LogP contribution in [0.25, 0.3) is 0 Å². The highest BCUT2D eigenvalue weighted by Crippen LogP contribution is 2.14. The summed E-state index contributed by atoms with van der Waals surface area (Å²) in [7, 11) is 0. The Hall–Kier alpha value is -2.98. The van der Waals surface area contributed by atoms with Crippen LogP contribution in [0, 0.1) is 0 Å². The first-order valence-electron chi connectivity index (χ1n) is 13.3. The van der Waals surface area contributed by atoms with E-state index in [1.807, 2.05) is 24.4 Å². The molecule has 186 valence electrons. The normalized spacial score (nSPS) is 11.0. The lowest BCUT2D eigenvalue weighted by Gasteiger charge is -2.22. The zero-order valence-corrected chi connectivity index (χ0v) is 21.3. The third-order valence-electron chi connectivity index (χ3n) is 6.32. The van der Waals surface area contributed by atoms with Gasteiger partial charge in [0.1, 0.15) is 0 Å². The molecular formula is C31H41N3O. The molecule has 0 radical (unpaired) electrons. The number of unbranched alkanes of at least 4 members (excludes halogenated alkanes) is 3. The van der Waals surface area contributed by atoms with Crippen LogP contribution in [-0.4, -0.2) is 28.9 Å². The van der Waals surface area contributed by atoms with Gasteiger partial charge in [-0.15, -0.1) is 0 Å². The maximum Gasteiger partial charge on any atom is 0.224 e. The number of carbonyl (C=O) groups excluding carboxylic acids is 1. The van der Waals surface area contributed by atoms with E-state index in [1.165, 1.54) is 36.1 Å². The molecule has 0 saturated carbocycles. The van der Waals surface area contributed by atoms with Gasteiger partial charge < -0.3 is 5.32 Å². The maximum atomic E-state index is 12.0. The Morgan fingerprint density at radius 2 is 1.54 bits per heavy atom. The second-order valence-electron chi connectivity index (χ2n) is 9.35. The molecule has 0 aliphatic rings. The Kier molecular flexibility index (Phi) is 12.0. The number of nitrogens with zero attached hydrogens (tertiary/aromatic N) is 2. The average Bonchev–Trinajstić information content (AvgIpc) is 2.89. The molecule has 3 rings (SSSR count). The van der Waals surface area contributed by atoms with Crippen LogP contribution < -0.4 is 5.32 Å². The number of pyridine rings is 1. The Labute approximate surface area is 211 Å². The fraction of sp³-hybridized carbons (Fsp3) is 0.419. The quantitative estimate of drug-likeness (QED) is 0.228. The van der Waals surface area contributed by atoms with Crippen LogP contribution in [0.2, 0.25) is 0 Å². The number of benzene rings is 2. The van der Waals surface area contributed by atoms with Gasteiger partial charge in [-0.1, -0.05) is 68.3 Å². The lowest BCUT2D eigenvalue weighted by Crippen LogP contribution is -2.26. The van der Waals surface area contributed by atoms with Gasteiger partial charge in [-0.25, -0.2) is 0 Å². The lowest BCUT2D eigenvalue weighted by atomic mass is 10.1. The zero-order chi connectivity index (χ0) is 24.6. The van der Waals surface area contributed by atoms with Crippen LogP contribution in [0.3, 0.4) is 0 Å². The van der Waals surface area contributed by atoms with E-state index in [1.54, 1.807) is 0 Å². The number of carbonyl (C=O) groups is 1. The van der Waals surface area contributed by atoms with Crippen LogP contribution in [0.4, 0.5) is 5.69 Å².